The molecule has 0 aliphatic carbocycles. The first-order valence-corrected chi connectivity index (χ1v) is 7.78. The van der Waals surface area contributed by atoms with Gasteiger partial charge in [0.1, 0.15) is 7.14 Å². The minimum absolute atomic E-state index is 0.896. The molecule has 0 N–H and O–H groups in total. The lowest BCUT2D eigenvalue weighted by molar-refractivity contribution is 0.590. The standard InChI is InChI=1S/C15H15OP/c1-17(16,15-10-6-3-7-11-15)13-12-14-8-4-2-5-9-14/h2-13H,1H3/b13-12+/t17-/m0/s1. The van der Waals surface area contributed by atoms with Gasteiger partial charge in [-0.2, -0.15) is 0 Å². The molecule has 0 bridgehead atoms. The molecule has 0 radical (unpaired) electrons. The number of benzene rings is 2. The molecule has 0 aliphatic rings. The predicted octanol–water partition coefficient (Wildman–Crippen LogP) is 3.98. The second-order valence-corrected chi connectivity index (χ2v) is 6.85. The van der Waals surface area contributed by atoms with Gasteiger partial charge in [0.2, 0.25) is 0 Å². The summed E-state index contributed by atoms with van der Waals surface area (Å²) in [6.45, 7) is 1.79. The van der Waals surface area contributed by atoms with E-state index < -0.39 is 7.14 Å². The van der Waals surface area contributed by atoms with Crippen LogP contribution < -0.4 is 5.30 Å². The fraction of sp³-hybridized carbons (Fsp3) is 0.0667. The van der Waals surface area contributed by atoms with Crippen LogP contribution in [0.4, 0.5) is 0 Å². The molecule has 1 atom stereocenters. The zero-order valence-corrected chi connectivity index (χ0v) is 10.7. The third-order valence-corrected chi connectivity index (χ3v) is 4.66. The van der Waals surface area contributed by atoms with Crippen molar-refractivity contribution in [2.75, 3.05) is 6.66 Å². The summed E-state index contributed by atoms with van der Waals surface area (Å²) in [6.07, 6.45) is 1.92. The number of hydrogen-bond donors (Lipinski definition) is 0. The van der Waals surface area contributed by atoms with E-state index in [-0.39, 0.29) is 0 Å². The average molecular weight is 242 g/mol. The SMILES string of the molecule is C[P@](=O)(/C=C/c1ccccc1)c1ccccc1. The Morgan fingerprint density at radius 1 is 0.882 bits per heavy atom. The van der Waals surface area contributed by atoms with E-state index in [4.69, 9.17) is 0 Å². The summed E-state index contributed by atoms with van der Waals surface area (Å²) in [5, 5.41) is 0.896. The lowest BCUT2D eigenvalue weighted by Gasteiger charge is -2.07. The molecule has 17 heavy (non-hydrogen) atoms. The molecule has 1 nitrogen and oxygen atoms in total. The molecule has 2 heteroatoms. The van der Waals surface area contributed by atoms with Gasteiger partial charge in [-0.05, 0) is 18.0 Å². The molecule has 0 amide bonds. The van der Waals surface area contributed by atoms with Crippen molar-refractivity contribution in [3.05, 3.63) is 72.0 Å². The van der Waals surface area contributed by atoms with Crippen molar-refractivity contribution in [3.8, 4) is 0 Å². The van der Waals surface area contributed by atoms with Gasteiger partial charge in [-0.25, -0.2) is 0 Å². The molecule has 0 fully saturated rings. The Labute approximate surface area is 102 Å². The van der Waals surface area contributed by atoms with Crippen LogP contribution in [-0.2, 0) is 4.57 Å². The largest absolute Gasteiger partial charge is 0.315 e. The molecule has 2 rings (SSSR count). The molecule has 86 valence electrons. The Kier molecular flexibility index (Phi) is 3.61. The zero-order valence-electron chi connectivity index (χ0n) is 9.78. The van der Waals surface area contributed by atoms with Gasteiger partial charge in [0, 0.05) is 5.30 Å². The van der Waals surface area contributed by atoms with Crippen LogP contribution in [0.1, 0.15) is 5.56 Å². The lowest BCUT2D eigenvalue weighted by Crippen LogP contribution is -1.99. The van der Waals surface area contributed by atoms with E-state index in [0.29, 0.717) is 0 Å². The summed E-state index contributed by atoms with van der Waals surface area (Å²) in [6, 6.07) is 19.5. The zero-order chi connectivity index (χ0) is 12.1. The van der Waals surface area contributed by atoms with Crippen molar-refractivity contribution in [2.24, 2.45) is 0 Å². The molecule has 2 aromatic rings. The van der Waals surface area contributed by atoms with Gasteiger partial charge in [0.25, 0.3) is 0 Å². The average Bonchev–Trinajstić information content (AvgIpc) is 2.39. The molecule has 0 spiro atoms. The Balaban J connectivity index is 2.24. The van der Waals surface area contributed by atoms with E-state index in [1.54, 1.807) is 6.66 Å². The Bertz CT molecular complexity index is 544. The van der Waals surface area contributed by atoms with Crippen molar-refractivity contribution in [1.82, 2.24) is 0 Å². The summed E-state index contributed by atoms with van der Waals surface area (Å²) in [5.41, 5.74) is 1.07. The van der Waals surface area contributed by atoms with E-state index in [9.17, 15) is 4.57 Å². The summed E-state index contributed by atoms with van der Waals surface area (Å²) < 4.78 is 12.5. The van der Waals surface area contributed by atoms with Crippen LogP contribution >= 0.6 is 7.14 Å². The first kappa shape index (κ1) is 11.9. The van der Waals surface area contributed by atoms with Crippen molar-refractivity contribution in [1.29, 1.82) is 0 Å². The second-order valence-electron chi connectivity index (χ2n) is 4.05. The monoisotopic (exact) mass is 242 g/mol. The maximum absolute atomic E-state index is 12.5. The topological polar surface area (TPSA) is 17.1 Å². The van der Waals surface area contributed by atoms with Gasteiger partial charge < -0.3 is 4.57 Å². The summed E-state index contributed by atoms with van der Waals surface area (Å²) >= 11 is 0. The fourth-order valence-electron chi connectivity index (χ4n) is 1.60. The highest BCUT2D eigenvalue weighted by Crippen LogP contribution is 2.41. The highest BCUT2D eigenvalue weighted by molar-refractivity contribution is 7.73. The molecule has 0 unspecified atom stereocenters. The molecular weight excluding hydrogens is 227 g/mol. The van der Waals surface area contributed by atoms with Crippen LogP contribution in [0.2, 0.25) is 0 Å². The molecular formula is C15H15OP. The molecule has 0 saturated carbocycles. The van der Waals surface area contributed by atoms with Crippen LogP contribution in [-0.4, -0.2) is 6.66 Å². The van der Waals surface area contributed by atoms with Gasteiger partial charge in [-0.1, -0.05) is 66.7 Å². The smallest absolute Gasteiger partial charge is 0.133 e. The number of rotatable bonds is 3. The minimum atomic E-state index is -2.39. The third-order valence-electron chi connectivity index (χ3n) is 2.62. The maximum atomic E-state index is 12.5. The lowest BCUT2D eigenvalue weighted by atomic mass is 10.2. The van der Waals surface area contributed by atoms with Crippen LogP contribution in [0.15, 0.2) is 66.5 Å². The van der Waals surface area contributed by atoms with E-state index in [2.05, 4.69) is 0 Å². The van der Waals surface area contributed by atoms with E-state index in [1.165, 1.54) is 0 Å². The van der Waals surface area contributed by atoms with Crippen LogP contribution in [0.3, 0.4) is 0 Å². The third kappa shape index (κ3) is 3.18. The van der Waals surface area contributed by atoms with Crippen LogP contribution in [0, 0.1) is 0 Å². The van der Waals surface area contributed by atoms with E-state index in [1.807, 2.05) is 72.6 Å². The van der Waals surface area contributed by atoms with Gasteiger partial charge in [0.15, 0.2) is 0 Å². The maximum Gasteiger partial charge on any atom is 0.133 e. The molecule has 0 saturated heterocycles. The first-order valence-electron chi connectivity index (χ1n) is 5.55. The van der Waals surface area contributed by atoms with E-state index in [0.717, 1.165) is 10.9 Å². The second kappa shape index (κ2) is 5.16. The summed E-state index contributed by atoms with van der Waals surface area (Å²) in [4.78, 5) is 0. The molecule has 0 heterocycles. The molecule has 0 aliphatic heterocycles. The summed E-state index contributed by atoms with van der Waals surface area (Å²) in [5.74, 6) is 1.82. The van der Waals surface area contributed by atoms with Gasteiger partial charge in [-0.3, -0.25) is 0 Å². The molecule has 0 aromatic heterocycles. The Hall–Kier alpha value is -1.59. The number of hydrogen-bond acceptors (Lipinski definition) is 1. The predicted molar refractivity (Wildman–Crippen MR) is 75.1 cm³/mol. The van der Waals surface area contributed by atoms with Crippen LogP contribution in [0.25, 0.3) is 6.08 Å². The van der Waals surface area contributed by atoms with Gasteiger partial charge >= 0.3 is 0 Å². The first-order chi connectivity index (χ1) is 8.18. The van der Waals surface area contributed by atoms with E-state index >= 15 is 0 Å². The highest BCUT2D eigenvalue weighted by Gasteiger charge is 2.12. The quantitative estimate of drug-likeness (QED) is 0.744. The summed E-state index contributed by atoms with van der Waals surface area (Å²) in [7, 11) is -2.39. The van der Waals surface area contributed by atoms with Crippen molar-refractivity contribution < 1.29 is 4.57 Å². The molecule has 2 aromatic carbocycles. The van der Waals surface area contributed by atoms with Crippen molar-refractivity contribution >= 4 is 18.5 Å². The van der Waals surface area contributed by atoms with Crippen molar-refractivity contribution in [2.45, 2.75) is 0 Å². The Morgan fingerprint density at radius 3 is 2.00 bits per heavy atom. The van der Waals surface area contributed by atoms with Crippen molar-refractivity contribution in [3.63, 3.8) is 0 Å². The Morgan fingerprint density at radius 2 is 1.41 bits per heavy atom. The van der Waals surface area contributed by atoms with Gasteiger partial charge in [0.05, 0.1) is 0 Å². The minimum Gasteiger partial charge on any atom is -0.315 e. The normalized spacial score (nSPS) is 14.6. The fourth-order valence-corrected chi connectivity index (χ4v) is 3.00. The highest BCUT2D eigenvalue weighted by atomic mass is 31.2. The van der Waals surface area contributed by atoms with Crippen LogP contribution in [0.5, 0.6) is 0 Å². The van der Waals surface area contributed by atoms with Gasteiger partial charge in [-0.15, -0.1) is 0 Å².